The van der Waals surface area contributed by atoms with Gasteiger partial charge >= 0.3 is 5.97 Å². The lowest BCUT2D eigenvalue weighted by Gasteiger charge is -2.21. The summed E-state index contributed by atoms with van der Waals surface area (Å²) < 4.78 is 40.4. The second-order valence-electron chi connectivity index (χ2n) is 6.93. The maximum absolute atomic E-state index is 13.2. The topological polar surface area (TPSA) is 116 Å². The summed E-state index contributed by atoms with van der Waals surface area (Å²) in [5.74, 6) is -2.21. The lowest BCUT2D eigenvalue weighted by Crippen LogP contribution is -2.39. The summed E-state index contributed by atoms with van der Waals surface area (Å²) >= 11 is 0. The van der Waals surface area contributed by atoms with Crippen LogP contribution < -0.4 is 5.43 Å². The molecule has 170 valence electrons. The standard InChI is InChI=1S/C23H20FN3O5S/c24-20-12-8-18(9-13-20)15-27(33(31,32)21-4-2-1-3-5-21)16-22(28)26-25-14-17-6-10-19(11-7-17)23(29)30/h1-14H,15-16H2,(H,26,28)(H,29,30)/b25-14-. The molecule has 0 aliphatic heterocycles. The van der Waals surface area contributed by atoms with Crippen LogP contribution in [0.1, 0.15) is 21.5 Å². The summed E-state index contributed by atoms with van der Waals surface area (Å²) in [5, 5.41) is 12.7. The molecule has 0 unspecified atom stereocenters. The number of nitrogens with zero attached hydrogens (tertiary/aromatic N) is 2. The van der Waals surface area contributed by atoms with E-state index in [1.54, 1.807) is 18.2 Å². The van der Waals surface area contributed by atoms with Crippen molar-refractivity contribution in [3.8, 4) is 0 Å². The normalized spacial score (nSPS) is 11.6. The monoisotopic (exact) mass is 469 g/mol. The first-order valence-electron chi connectivity index (χ1n) is 9.70. The van der Waals surface area contributed by atoms with Crippen LogP contribution in [0.2, 0.25) is 0 Å². The first-order valence-corrected chi connectivity index (χ1v) is 11.1. The Bertz CT molecular complexity index is 1250. The van der Waals surface area contributed by atoms with E-state index in [1.807, 2.05) is 0 Å². The Morgan fingerprint density at radius 3 is 2.21 bits per heavy atom. The summed E-state index contributed by atoms with van der Waals surface area (Å²) in [7, 11) is -4.02. The molecule has 0 saturated carbocycles. The van der Waals surface area contributed by atoms with E-state index in [1.165, 1.54) is 66.9 Å². The van der Waals surface area contributed by atoms with Crippen molar-refractivity contribution < 1.29 is 27.5 Å². The highest BCUT2D eigenvalue weighted by Crippen LogP contribution is 2.18. The van der Waals surface area contributed by atoms with Crippen LogP contribution in [0.3, 0.4) is 0 Å². The zero-order valence-corrected chi connectivity index (χ0v) is 18.1. The number of benzene rings is 3. The van der Waals surface area contributed by atoms with Crippen molar-refractivity contribution >= 4 is 28.1 Å². The van der Waals surface area contributed by atoms with Crippen LogP contribution in [0, 0.1) is 5.82 Å². The summed E-state index contributed by atoms with van der Waals surface area (Å²) in [4.78, 5) is 23.3. The van der Waals surface area contributed by atoms with Crippen LogP contribution in [-0.4, -0.2) is 42.5 Å². The maximum atomic E-state index is 13.2. The smallest absolute Gasteiger partial charge is 0.335 e. The molecule has 1 amide bonds. The number of amides is 1. The maximum Gasteiger partial charge on any atom is 0.335 e. The van der Waals surface area contributed by atoms with Crippen molar-refractivity contribution in [3.05, 3.63) is 101 Å². The molecule has 0 radical (unpaired) electrons. The predicted octanol–water partition coefficient (Wildman–Crippen LogP) is 2.87. The molecule has 0 aliphatic rings. The number of hydrogen-bond donors (Lipinski definition) is 2. The van der Waals surface area contributed by atoms with Crippen LogP contribution in [0.25, 0.3) is 0 Å². The number of rotatable bonds is 9. The molecule has 0 heterocycles. The van der Waals surface area contributed by atoms with Crippen molar-refractivity contribution in [2.45, 2.75) is 11.4 Å². The fourth-order valence-electron chi connectivity index (χ4n) is 2.85. The van der Waals surface area contributed by atoms with Gasteiger partial charge in [-0.15, -0.1) is 0 Å². The summed E-state index contributed by atoms with van der Waals surface area (Å²) in [6.07, 6.45) is 1.31. The molecule has 3 rings (SSSR count). The molecular formula is C23H20FN3O5S. The van der Waals surface area contributed by atoms with Crippen LogP contribution in [-0.2, 0) is 21.4 Å². The van der Waals surface area contributed by atoms with E-state index >= 15 is 0 Å². The number of aromatic carboxylic acids is 1. The third kappa shape index (κ3) is 6.55. The van der Waals surface area contributed by atoms with E-state index in [0.29, 0.717) is 11.1 Å². The van der Waals surface area contributed by atoms with Crippen molar-refractivity contribution in [1.29, 1.82) is 0 Å². The molecule has 0 spiro atoms. The molecule has 0 saturated heterocycles. The summed E-state index contributed by atoms with van der Waals surface area (Å²) in [5.41, 5.74) is 3.42. The van der Waals surface area contributed by atoms with Gasteiger partial charge in [-0.2, -0.15) is 9.41 Å². The zero-order valence-electron chi connectivity index (χ0n) is 17.3. The number of carbonyl (C=O) groups is 2. The second-order valence-corrected chi connectivity index (χ2v) is 8.87. The number of hydrogen-bond acceptors (Lipinski definition) is 5. The minimum Gasteiger partial charge on any atom is -0.478 e. The molecule has 0 aromatic heterocycles. The zero-order chi connectivity index (χ0) is 23.8. The molecule has 8 nitrogen and oxygen atoms in total. The van der Waals surface area contributed by atoms with Crippen molar-refractivity contribution in [1.82, 2.24) is 9.73 Å². The Morgan fingerprint density at radius 1 is 0.970 bits per heavy atom. The van der Waals surface area contributed by atoms with E-state index in [-0.39, 0.29) is 17.0 Å². The Kier molecular flexibility index (Phi) is 7.65. The fourth-order valence-corrected chi connectivity index (χ4v) is 4.25. The molecule has 0 bridgehead atoms. The van der Waals surface area contributed by atoms with Gasteiger partial charge in [0, 0.05) is 6.54 Å². The van der Waals surface area contributed by atoms with Gasteiger partial charge in [-0.1, -0.05) is 42.5 Å². The van der Waals surface area contributed by atoms with E-state index in [2.05, 4.69) is 10.5 Å². The summed E-state index contributed by atoms with van der Waals surface area (Å²) in [6.45, 7) is -0.671. The van der Waals surface area contributed by atoms with Gasteiger partial charge in [0.15, 0.2) is 0 Å². The van der Waals surface area contributed by atoms with Gasteiger partial charge < -0.3 is 5.11 Å². The van der Waals surface area contributed by atoms with Crippen molar-refractivity contribution in [2.75, 3.05) is 6.54 Å². The number of hydrazone groups is 1. The molecule has 33 heavy (non-hydrogen) atoms. The molecule has 3 aromatic rings. The van der Waals surface area contributed by atoms with Gasteiger partial charge in [0.1, 0.15) is 5.82 Å². The highest BCUT2D eigenvalue weighted by molar-refractivity contribution is 7.89. The highest BCUT2D eigenvalue weighted by Gasteiger charge is 2.26. The largest absolute Gasteiger partial charge is 0.478 e. The van der Waals surface area contributed by atoms with E-state index in [0.717, 1.165) is 4.31 Å². The molecule has 10 heteroatoms. The highest BCUT2D eigenvalue weighted by atomic mass is 32.2. The first kappa shape index (κ1) is 23.8. The van der Waals surface area contributed by atoms with Gasteiger partial charge in [0.05, 0.1) is 23.2 Å². The Morgan fingerprint density at radius 2 is 1.61 bits per heavy atom. The van der Waals surface area contributed by atoms with Gasteiger partial charge in [-0.3, -0.25) is 4.79 Å². The van der Waals surface area contributed by atoms with Crippen LogP contribution >= 0.6 is 0 Å². The molecule has 0 aliphatic carbocycles. The Balaban J connectivity index is 1.74. The van der Waals surface area contributed by atoms with E-state index in [9.17, 15) is 22.4 Å². The molecule has 0 fully saturated rings. The third-order valence-corrected chi connectivity index (χ3v) is 6.34. The number of carboxylic acids is 1. The Labute approximate surface area is 190 Å². The van der Waals surface area contributed by atoms with Gasteiger partial charge in [0.25, 0.3) is 5.91 Å². The van der Waals surface area contributed by atoms with Crippen LogP contribution in [0.15, 0.2) is 88.9 Å². The number of halogens is 1. The quantitative estimate of drug-likeness (QED) is 0.369. The van der Waals surface area contributed by atoms with Gasteiger partial charge in [-0.25, -0.2) is 23.0 Å². The molecule has 0 atom stereocenters. The average molecular weight is 469 g/mol. The number of carbonyl (C=O) groups excluding carboxylic acids is 1. The number of nitrogens with one attached hydrogen (secondary N) is 1. The lowest BCUT2D eigenvalue weighted by molar-refractivity contribution is -0.121. The fraction of sp³-hybridized carbons (Fsp3) is 0.0870. The van der Waals surface area contributed by atoms with Crippen molar-refractivity contribution in [3.63, 3.8) is 0 Å². The molecular weight excluding hydrogens is 449 g/mol. The predicted molar refractivity (Wildman–Crippen MR) is 120 cm³/mol. The third-order valence-electron chi connectivity index (χ3n) is 4.53. The van der Waals surface area contributed by atoms with Crippen molar-refractivity contribution in [2.24, 2.45) is 5.10 Å². The van der Waals surface area contributed by atoms with Crippen LogP contribution in [0.5, 0.6) is 0 Å². The number of sulfonamides is 1. The lowest BCUT2D eigenvalue weighted by atomic mass is 10.1. The first-order chi connectivity index (χ1) is 15.8. The minimum absolute atomic E-state index is 0.0157. The van der Waals surface area contributed by atoms with Gasteiger partial charge in [0.2, 0.25) is 10.0 Å². The molecule has 2 N–H and O–H groups in total. The SMILES string of the molecule is O=C(CN(Cc1ccc(F)cc1)S(=O)(=O)c1ccccc1)N/N=C\c1ccc(C(=O)O)cc1. The Hall–Kier alpha value is -3.89. The van der Waals surface area contributed by atoms with E-state index < -0.39 is 34.3 Å². The summed E-state index contributed by atoms with van der Waals surface area (Å²) in [6, 6.07) is 18.8. The average Bonchev–Trinajstić information content (AvgIpc) is 2.81. The van der Waals surface area contributed by atoms with E-state index in [4.69, 9.17) is 5.11 Å². The van der Waals surface area contributed by atoms with Crippen LogP contribution in [0.4, 0.5) is 4.39 Å². The number of carboxylic acid groups (broad SMARTS) is 1. The minimum atomic E-state index is -4.02. The molecule has 3 aromatic carbocycles. The van der Waals surface area contributed by atoms with Gasteiger partial charge in [-0.05, 0) is 47.5 Å². The second kappa shape index (κ2) is 10.6.